The molecule has 1 aromatic carbocycles. The number of aliphatic hydroxyl groups is 1. The lowest BCUT2D eigenvalue weighted by atomic mass is 10.1. The van der Waals surface area contributed by atoms with Gasteiger partial charge in [0, 0.05) is 22.6 Å². The number of aryl methyl sites for hydroxylation is 1. The van der Waals surface area contributed by atoms with Crippen molar-refractivity contribution in [3.05, 3.63) is 35.5 Å². The highest BCUT2D eigenvalue weighted by atomic mass is 16.3. The minimum Gasteiger partial charge on any atom is -0.385 e. The molecule has 0 saturated heterocycles. The number of aliphatic hydroxyl groups excluding tert-OH is 1. The molecule has 3 nitrogen and oxygen atoms in total. The van der Waals surface area contributed by atoms with E-state index in [0.29, 0.717) is 0 Å². The standard InChI is InChI=1S/C12H16N2O/c1-7-4-3-5-9-6-10(14-11(7)9)12(15)8(2)13/h3-6,8,12,14-15H,13H2,1-2H3. The zero-order valence-corrected chi connectivity index (χ0v) is 8.99. The van der Waals surface area contributed by atoms with Gasteiger partial charge in [0.15, 0.2) is 0 Å². The molecule has 0 spiro atoms. The zero-order valence-electron chi connectivity index (χ0n) is 8.99. The number of hydrogen-bond acceptors (Lipinski definition) is 2. The summed E-state index contributed by atoms with van der Waals surface area (Å²) in [5.74, 6) is 0. The third-order valence-electron chi connectivity index (χ3n) is 2.70. The number of benzene rings is 1. The molecule has 0 fully saturated rings. The predicted octanol–water partition coefficient (Wildman–Crippen LogP) is 1.86. The lowest BCUT2D eigenvalue weighted by molar-refractivity contribution is 0.149. The highest BCUT2D eigenvalue weighted by Crippen LogP contribution is 2.23. The maximum Gasteiger partial charge on any atom is 0.108 e. The maximum atomic E-state index is 9.83. The Balaban J connectivity index is 2.52. The summed E-state index contributed by atoms with van der Waals surface area (Å²) in [5.41, 5.74) is 8.70. The van der Waals surface area contributed by atoms with Gasteiger partial charge < -0.3 is 15.8 Å². The molecule has 15 heavy (non-hydrogen) atoms. The molecule has 0 bridgehead atoms. The van der Waals surface area contributed by atoms with Gasteiger partial charge in [0.2, 0.25) is 0 Å². The molecular formula is C12H16N2O. The topological polar surface area (TPSA) is 62.0 Å². The summed E-state index contributed by atoms with van der Waals surface area (Å²) in [5, 5.41) is 10.9. The number of hydrogen-bond donors (Lipinski definition) is 3. The van der Waals surface area contributed by atoms with Crippen molar-refractivity contribution in [3.63, 3.8) is 0 Å². The number of fused-ring (bicyclic) bond motifs is 1. The average Bonchev–Trinajstić information content (AvgIpc) is 2.61. The molecule has 0 amide bonds. The molecule has 0 saturated carbocycles. The Bertz CT molecular complexity index is 473. The quantitative estimate of drug-likeness (QED) is 0.699. The second kappa shape index (κ2) is 3.68. The van der Waals surface area contributed by atoms with Crippen LogP contribution in [0.5, 0.6) is 0 Å². The van der Waals surface area contributed by atoms with Gasteiger partial charge in [0.05, 0.1) is 0 Å². The van der Waals surface area contributed by atoms with Crippen molar-refractivity contribution in [1.29, 1.82) is 0 Å². The molecule has 2 unspecified atom stereocenters. The van der Waals surface area contributed by atoms with Crippen molar-refractivity contribution in [2.75, 3.05) is 0 Å². The van der Waals surface area contributed by atoms with Crippen LogP contribution in [-0.4, -0.2) is 16.1 Å². The van der Waals surface area contributed by atoms with Crippen LogP contribution in [-0.2, 0) is 0 Å². The summed E-state index contributed by atoms with van der Waals surface area (Å²) in [7, 11) is 0. The van der Waals surface area contributed by atoms with Crippen molar-refractivity contribution < 1.29 is 5.11 Å². The molecule has 0 aliphatic rings. The van der Waals surface area contributed by atoms with Crippen LogP contribution in [0.2, 0.25) is 0 Å². The maximum absolute atomic E-state index is 9.83. The number of H-pyrrole nitrogens is 1. The molecule has 3 heteroatoms. The molecule has 4 N–H and O–H groups in total. The molecule has 2 rings (SSSR count). The van der Waals surface area contributed by atoms with Crippen LogP contribution in [0.15, 0.2) is 24.3 Å². The van der Waals surface area contributed by atoms with Crippen molar-refractivity contribution in [1.82, 2.24) is 4.98 Å². The lowest BCUT2D eigenvalue weighted by Gasteiger charge is -2.11. The normalized spacial score (nSPS) is 15.5. The largest absolute Gasteiger partial charge is 0.385 e. The van der Waals surface area contributed by atoms with Crippen LogP contribution >= 0.6 is 0 Å². The van der Waals surface area contributed by atoms with Gasteiger partial charge in [-0.2, -0.15) is 0 Å². The van der Waals surface area contributed by atoms with Crippen molar-refractivity contribution >= 4 is 10.9 Å². The van der Waals surface area contributed by atoms with E-state index in [1.54, 1.807) is 6.92 Å². The van der Waals surface area contributed by atoms with Gasteiger partial charge in [-0.15, -0.1) is 0 Å². The first-order valence-electron chi connectivity index (χ1n) is 5.11. The third-order valence-corrected chi connectivity index (χ3v) is 2.70. The first-order valence-corrected chi connectivity index (χ1v) is 5.11. The van der Waals surface area contributed by atoms with E-state index >= 15 is 0 Å². The molecule has 2 atom stereocenters. The highest BCUT2D eigenvalue weighted by Gasteiger charge is 2.15. The minimum absolute atomic E-state index is 0.265. The van der Waals surface area contributed by atoms with Gasteiger partial charge in [0.1, 0.15) is 6.10 Å². The van der Waals surface area contributed by atoms with E-state index in [-0.39, 0.29) is 6.04 Å². The monoisotopic (exact) mass is 204 g/mol. The van der Waals surface area contributed by atoms with E-state index in [9.17, 15) is 5.11 Å². The smallest absolute Gasteiger partial charge is 0.108 e. The summed E-state index contributed by atoms with van der Waals surface area (Å²) >= 11 is 0. The fourth-order valence-corrected chi connectivity index (χ4v) is 1.77. The molecule has 0 aliphatic heterocycles. The molecule has 0 radical (unpaired) electrons. The molecular weight excluding hydrogens is 188 g/mol. The van der Waals surface area contributed by atoms with Gasteiger partial charge in [-0.25, -0.2) is 0 Å². The Hall–Kier alpha value is -1.32. The van der Waals surface area contributed by atoms with Crippen LogP contribution in [0.1, 0.15) is 24.3 Å². The molecule has 1 heterocycles. The third kappa shape index (κ3) is 1.76. The van der Waals surface area contributed by atoms with Crippen LogP contribution in [0, 0.1) is 6.92 Å². The number of para-hydroxylation sites is 1. The summed E-state index contributed by atoms with van der Waals surface area (Å²) in [6.45, 7) is 3.84. The van der Waals surface area contributed by atoms with Crippen molar-refractivity contribution in [2.45, 2.75) is 26.0 Å². The van der Waals surface area contributed by atoms with E-state index in [1.165, 1.54) is 5.56 Å². The van der Waals surface area contributed by atoms with Crippen LogP contribution in [0.4, 0.5) is 0 Å². The number of nitrogens with two attached hydrogens (primary N) is 1. The van der Waals surface area contributed by atoms with E-state index in [2.05, 4.69) is 4.98 Å². The van der Waals surface area contributed by atoms with E-state index in [4.69, 9.17) is 5.73 Å². The van der Waals surface area contributed by atoms with Gasteiger partial charge >= 0.3 is 0 Å². The Morgan fingerprint density at radius 1 is 1.40 bits per heavy atom. The van der Waals surface area contributed by atoms with Gasteiger partial charge in [-0.05, 0) is 25.5 Å². The van der Waals surface area contributed by atoms with Crippen molar-refractivity contribution in [3.8, 4) is 0 Å². The molecule has 2 aromatic rings. The molecule has 80 valence electrons. The number of aromatic amines is 1. The van der Waals surface area contributed by atoms with Crippen LogP contribution in [0.25, 0.3) is 10.9 Å². The summed E-state index contributed by atoms with van der Waals surface area (Å²) in [4.78, 5) is 3.21. The van der Waals surface area contributed by atoms with Crippen LogP contribution in [0.3, 0.4) is 0 Å². The molecule has 0 aliphatic carbocycles. The van der Waals surface area contributed by atoms with Gasteiger partial charge in [0.25, 0.3) is 0 Å². The SMILES string of the molecule is Cc1cccc2cc(C(O)C(C)N)[nH]c12. The first kappa shape index (κ1) is 10.2. The fourth-order valence-electron chi connectivity index (χ4n) is 1.77. The summed E-state index contributed by atoms with van der Waals surface area (Å²) in [6, 6.07) is 7.76. The van der Waals surface area contributed by atoms with Crippen LogP contribution < -0.4 is 5.73 Å². The fraction of sp³-hybridized carbons (Fsp3) is 0.333. The number of nitrogens with one attached hydrogen (secondary N) is 1. The Morgan fingerprint density at radius 2 is 2.13 bits per heavy atom. The first-order chi connectivity index (χ1) is 7.09. The summed E-state index contributed by atoms with van der Waals surface area (Å²) < 4.78 is 0. The van der Waals surface area contributed by atoms with Crippen molar-refractivity contribution in [2.24, 2.45) is 5.73 Å². The number of rotatable bonds is 2. The summed E-state index contributed by atoms with van der Waals surface area (Å²) in [6.07, 6.45) is -0.628. The van der Waals surface area contributed by atoms with Gasteiger partial charge in [-0.1, -0.05) is 18.2 Å². The average molecular weight is 204 g/mol. The second-order valence-electron chi connectivity index (χ2n) is 4.07. The Labute approximate surface area is 88.9 Å². The second-order valence-corrected chi connectivity index (χ2v) is 4.07. The van der Waals surface area contributed by atoms with E-state index in [0.717, 1.165) is 16.6 Å². The van der Waals surface area contributed by atoms with E-state index in [1.807, 2.05) is 31.2 Å². The Morgan fingerprint density at radius 3 is 2.73 bits per heavy atom. The Kier molecular flexibility index (Phi) is 2.50. The number of aromatic nitrogens is 1. The zero-order chi connectivity index (χ0) is 11.0. The molecule has 1 aromatic heterocycles. The van der Waals surface area contributed by atoms with Gasteiger partial charge in [-0.3, -0.25) is 0 Å². The van der Waals surface area contributed by atoms with E-state index < -0.39 is 6.10 Å². The lowest BCUT2D eigenvalue weighted by Crippen LogP contribution is -2.24. The highest BCUT2D eigenvalue weighted by molar-refractivity contribution is 5.83. The predicted molar refractivity (Wildman–Crippen MR) is 61.6 cm³/mol. The minimum atomic E-state index is -0.628.